The van der Waals surface area contributed by atoms with E-state index in [-0.39, 0.29) is 35.2 Å². The molecular weight excluding hydrogens is 368 g/mol. The Morgan fingerprint density at radius 1 is 0.931 bits per heavy atom. The van der Waals surface area contributed by atoms with Crippen molar-refractivity contribution in [3.8, 4) is 0 Å². The van der Waals surface area contributed by atoms with E-state index in [4.69, 9.17) is 5.11 Å². The first-order valence-electron chi connectivity index (χ1n) is 11.9. The van der Waals surface area contributed by atoms with Crippen molar-refractivity contribution >= 4 is 5.97 Å². The van der Waals surface area contributed by atoms with Gasteiger partial charge < -0.3 is 20.4 Å². The van der Waals surface area contributed by atoms with Crippen molar-refractivity contribution in [2.24, 2.45) is 46.3 Å². The van der Waals surface area contributed by atoms with E-state index in [1.807, 2.05) is 0 Å². The van der Waals surface area contributed by atoms with Crippen LogP contribution >= 0.6 is 0 Å². The zero-order valence-corrected chi connectivity index (χ0v) is 18.3. The van der Waals surface area contributed by atoms with Gasteiger partial charge in [-0.15, -0.1) is 0 Å². The molecule has 4 fully saturated rings. The standard InChI is InChI=1S/C24H40O5/c1-13(4-7-19(26)27)15-5-6-16-20-17(9-11-23(15,16)2)24(3)10-8-14(25)12-18(24)21(28)22(20)29/h13-18,20-22,25,28-29H,4-12H2,1-3H3,(H,26,27)/t13-,14-,15?,16?,17?,18?,20?,21-,22+,23?,24?/m1/s1. The minimum Gasteiger partial charge on any atom is -0.481 e. The first-order valence-corrected chi connectivity index (χ1v) is 11.9. The SMILES string of the molecule is C[C@H](CCC(=O)O)C1CCC2C3C(CCC21C)C1(C)CC[C@@H](O)CC1[C@@H](O)[C@H]3O. The molecule has 4 rings (SSSR count). The summed E-state index contributed by atoms with van der Waals surface area (Å²) in [6.45, 7) is 6.89. The number of aliphatic hydroxyl groups is 3. The molecule has 0 spiro atoms. The molecule has 166 valence electrons. The van der Waals surface area contributed by atoms with Gasteiger partial charge in [0.25, 0.3) is 0 Å². The number of hydrogen-bond donors (Lipinski definition) is 4. The summed E-state index contributed by atoms with van der Waals surface area (Å²) in [6.07, 6.45) is 5.87. The van der Waals surface area contributed by atoms with Crippen LogP contribution in [-0.4, -0.2) is 44.7 Å². The van der Waals surface area contributed by atoms with Crippen molar-refractivity contribution in [2.75, 3.05) is 0 Å². The minimum absolute atomic E-state index is 0.00309. The second-order valence-electron chi connectivity index (χ2n) is 11.5. The van der Waals surface area contributed by atoms with Crippen molar-refractivity contribution in [1.29, 1.82) is 0 Å². The highest BCUT2D eigenvalue weighted by atomic mass is 16.4. The lowest BCUT2D eigenvalue weighted by Gasteiger charge is -2.63. The monoisotopic (exact) mass is 408 g/mol. The zero-order chi connectivity index (χ0) is 21.1. The van der Waals surface area contributed by atoms with Gasteiger partial charge in [0.05, 0.1) is 18.3 Å². The van der Waals surface area contributed by atoms with Crippen molar-refractivity contribution < 1.29 is 25.2 Å². The Morgan fingerprint density at radius 2 is 1.59 bits per heavy atom. The summed E-state index contributed by atoms with van der Waals surface area (Å²) in [5, 5.41) is 41.7. The maximum Gasteiger partial charge on any atom is 0.303 e. The Balaban J connectivity index is 1.59. The first-order chi connectivity index (χ1) is 13.6. The summed E-state index contributed by atoms with van der Waals surface area (Å²) < 4.78 is 0. The van der Waals surface area contributed by atoms with Gasteiger partial charge in [-0.3, -0.25) is 4.79 Å². The fraction of sp³-hybridized carbons (Fsp3) is 0.958. The zero-order valence-electron chi connectivity index (χ0n) is 18.3. The molecule has 0 aromatic carbocycles. The molecule has 4 N–H and O–H groups in total. The molecule has 4 aliphatic rings. The Bertz CT molecular complexity index is 637. The van der Waals surface area contributed by atoms with E-state index in [0.717, 1.165) is 44.9 Å². The number of aliphatic hydroxyl groups excluding tert-OH is 3. The average molecular weight is 409 g/mol. The second-order valence-corrected chi connectivity index (χ2v) is 11.5. The maximum absolute atomic E-state index is 11.3. The van der Waals surface area contributed by atoms with Gasteiger partial charge in [-0.25, -0.2) is 0 Å². The van der Waals surface area contributed by atoms with Crippen LogP contribution in [0.15, 0.2) is 0 Å². The van der Waals surface area contributed by atoms with Gasteiger partial charge >= 0.3 is 5.97 Å². The van der Waals surface area contributed by atoms with Crippen molar-refractivity contribution in [3.63, 3.8) is 0 Å². The normalized spacial score (nSPS) is 52.9. The third kappa shape index (κ3) is 3.27. The van der Waals surface area contributed by atoms with Gasteiger partial charge in [0.15, 0.2) is 0 Å². The third-order valence-corrected chi connectivity index (χ3v) is 10.3. The molecule has 4 aliphatic carbocycles. The van der Waals surface area contributed by atoms with E-state index < -0.39 is 18.2 Å². The quantitative estimate of drug-likeness (QED) is 0.571. The molecule has 0 saturated heterocycles. The number of fused-ring (bicyclic) bond motifs is 5. The van der Waals surface area contributed by atoms with E-state index in [9.17, 15) is 20.1 Å². The lowest BCUT2D eigenvalue weighted by molar-refractivity contribution is -0.223. The van der Waals surface area contributed by atoms with E-state index in [1.165, 1.54) is 0 Å². The average Bonchev–Trinajstić information content (AvgIpc) is 3.02. The molecule has 4 saturated carbocycles. The fourth-order valence-corrected chi connectivity index (χ4v) is 8.77. The summed E-state index contributed by atoms with van der Waals surface area (Å²) in [6, 6.07) is 0. The van der Waals surface area contributed by atoms with Crippen LogP contribution < -0.4 is 0 Å². The number of carboxylic acids is 1. The molecule has 0 radical (unpaired) electrons. The third-order valence-electron chi connectivity index (χ3n) is 10.3. The van der Waals surface area contributed by atoms with Crippen LogP contribution in [0, 0.1) is 46.3 Å². The fourth-order valence-electron chi connectivity index (χ4n) is 8.77. The van der Waals surface area contributed by atoms with Crippen molar-refractivity contribution in [1.82, 2.24) is 0 Å². The molecule has 0 aromatic rings. The molecule has 5 heteroatoms. The van der Waals surface area contributed by atoms with Crippen LogP contribution in [0.4, 0.5) is 0 Å². The molecule has 0 bridgehead atoms. The van der Waals surface area contributed by atoms with Crippen LogP contribution in [0.2, 0.25) is 0 Å². The predicted molar refractivity (Wildman–Crippen MR) is 110 cm³/mol. The molecule has 0 amide bonds. The van der Waals surface area contributed by atoms with Gasteiger partial charge in [0.2, 0.25) is 0 Å². The Kier molecular flexibility index (Phi) is 5.57. The Labute approximate surface area is 174 Å². The second kappa shape index (κ2) is 7.49. The number of carboxylic acid groups (broad SMARTS) is 1. The largest absolute Gasteiger partial charge is 0.481 e. The molecule has 11 atom stereocenters. The lowest BCUT2D eigenvalue weighted by atomic mass is 9.43. The summed E-state index contributed by atoms with van der Waals surface area (Å²) in [4.78, 5) is 11.1. The van der Waals surface area contributed by atoms with Crippen molar-refractivity contribution in [2.45, 2.75) is 96.9 Å². The lowest BCUT2D eigenvalue weighted by Crippen LogP contribution is -2.64. The highest BCUT2D eigenvalue weighted by molar-refractivity contribution is 5.66. The number of aliphatic carboxylic acids is 1. The Morgan fingerprint density at radius 3 is 2.28 bits per heavy atom. The van der Waals surface area contributed by atoms with Crippen LogP contribution in [-0.2, 0) is 4.79 Å². The van der Waals surface area contributed by atoms with Gasteiger partial charge in [-0.05, 0) is 97.7 Å². The molecule has 7 unspecified atom stereocenters. The number of rotatable bonds is 4. The molecular formula is C24H40O5. The van der Waals surface area contributed by atoms with Gasteiger partial charge in [-0.1, -0.05) is 20.8 Å². The highest BCUT2D eigenvalue weighted by Crippen LogP contribution is 2.68. The van der Waals surface area contributed by atoms with Gasteiger partial charge in [0, 0.05) is 6.42 Å². The van der Waals surface area contributed by atoms with Crippen LogP contribution in [0.5, 0.6) is 0 Å². The topological polar surface area (TPSA) is 98.0 Å². The first kappa shape index (κ1) is 21.6. The number of carbonyl (C=O) groups is 1. The highest BCUT2D eigenvalue weighted by Gasteiger charge is 2.65. The van der Waals surface area contributed by atoms with Crippen LogP contribution in [0.3, 0.4) is 0 Å². The van der Waals surface area contributed by atoms with Crippen molar-refractivity contribution in [3.05, 3.63) is 0 Å². The summed E-state index contributed by atoms with van der Waals surface area (Å²) >= 11 is 0. The summed E-state index contributed by atoms with van der Waals surface area (Å²) in [7, 11) is 0. The molecule has 29 heavy (non-hydrogen) atoms. The van der Waals surface area contributed by atoms with Gasteiger partial charge in [0.1, 0.15) is 0 Å². The minimum atomic E-state index is -0.748. The van der Waals surface area contributed by atoms with E-state index in [0.29, 0.717) is 30.1 Å². The van der Waals surface area contributed by atoms with Crippen LogP contribution in [0.1, 0.15) is 78.6 Å². The molecule has 0 aromatic heterocycles. The summed E-state index contributed by atoms with van der Waals surface area (Å²) in [5.41, 5.74) is 0.119. The van der Waals surface area contributed by atoms with Gasteiger partial charge in [-0.2, -0.15) is 0 Å². The van der Waals surface area contributed by atoms with E-state index >= 15 is 0 Å². The molecule has 0 heterocycles. The maximum atomic E-state index is 11.3. The van der Waals surface area contributed by atoms with Crippen LogP contribution in [0.25, 0.3) is 0 Å². The Hall–Kier alpha value is -0.650. The predicted octanol–water partition coefficient (Wildman–Crippen LogP) is 3.45. The molecule has 0 aliphatic heterocycles. The summed E-state index contributed by atoms with van der Waals surface area (Å²) in [5.74, 6) is 1.06. The van der Waals surface area contributed by atoms with E-state index in [1.54, 1.807) is 0 Å². The smallest absolute Gasteiger partial charge is 0.303 e. The molecule has 5 nitrogen and oxygen atoms in total. The van der Waals surface area contributed by atoms with E-state index in [2.05, 4.69) is 20.8 Å². The number of hydrogen-bond acceptors (Lipinski definition) is 4.